The van der Waals surface area contributed by atoms with Crippen LogP contribution in [0.15, 0.2) is 0 Å². The summed E-state index contributed by atoms with van der Waals surface area (Å²) in [6.07, 6.45) is -37.8. The van der Waals surface area contributed by atoms with Gasteiger partial charge in [0.05, 0.1) is 38.1 Å². The number of aliphatic hydroxyl groups is 13. The van der Waals surface area contributed by atoms with Gasteiger partial charge in [0, 0.05) is 13.3 Å². The molecule has 20 atom stereocenters. The maximum Gasteiger partial charge on any atom is 0.364 e. The van der Waals surface area contributed by atoms with Gasteiger partial charge in [-0.2, -0.15) is 0 Å². The zero-order valence-electron chi connectivity index (χ0n) is 28.3. The van der Waals surface area contributed by atoms with Crippen molar-refractivity contribution in [2.75, 3.05) is 19.8 Å². The van der Waals surface area contributed by atoms with Crippen molar-refractivity contribution in [1.29, 1.82) is 0 Å². The fourth-order valence-electron chi connectivity index (χ4n) is 6.13. The average molecular weight is 780 g/mol. The SMILES string of the molecule is CC(=O)N[C@H]1[C@H]([C@H](O)[C@H](O)CO)O[C@@](O[C@H]2[C@@H](O)[C@@H](CO)O[C@@H](O[C@@H]([C@H](O[C@H]3O[C@H](C)[C@H](O)[C@H](O)[C@H]3O)[C@@H](O)C=O)[C@H](O)CO)[C@@H]2O)(C(=O)O)C[C@@H]1O. The van der Waals surface area contributed by atoms with Gasteiger partial charge in [0.1, 0.15) is 85.5 Å². The number of hydrogen-bond acceptors (Lipinski definition) is 22. The number of aliphatic hydroxyl groups excluding tert-OH is 13. The predicted molar refractivity (Wildman–Crippen MR) is 162 cm³/mol. The first-order valence-corrected chi connectivity index (χ1v) is 16.3. The molecule has 3 saturated heterocycles. The number of amides is 1. The first kappa shape index (κ1) is 45.2. The third-order valence-electron chi connectivity index (χ3n) is 9.09. The van der Waals surface area contributed by atoms with E-state index in [0.29, 0.717) is 0 Å². The van der Waals surface area contributed by atoms with Crippen LogP contribution in [0.4, 0.5) is 0 Å². The summed E-state index contributed by atoms with van der Waals surface area (Å²) in [6.45, 7) is -1.14. The molecular weight excluding hydrogens is 730 g/mol. The first-order chi connectivity index (χ1) is 24.8. The molecule has 0 saturated carbocycles. The van der Waals surface area contributed by atoms with Gasteiger partial charge in [0.15, 0.2) is 18.9 Å². The van der Waals surface area contributed by atoms with Crippen molar-refractivity contribution in [1.82, 2.24) is 5.32 Å². The van der Waals surface area contributed by atoms with Gasteiger partial charge < -0.3 is 110 Å². The van der Waals surface area contributed by atoms with Crippen molar-refractivity contribution in [3.63, 3.8) is 0 Å². The van der Waals surface area contributed by atoms with Gasteiger partial charge >= 0.3 is 5.97 Å². The Bertz CT molecular complexity index is 1200. The number of ether oxygens (including phenoxy) is 6. The fraction of sp³-hybridized carbons (Fsp3) is 0.897. The van der Waals surface area contributed by atoms with Crippen LogP contribution in [0.1, 0.15) is 20.3 Å². The summed E-state index contributed by atoms with van der Waals surface area (Å²) >= 11 is 0. The van der Waals surface area contributed by atoms with E-state index in [1.54, 1.807) is 0 Å². The van der Waals surface area contributed by atoms with E-state index in [1.807, 2.05) is 0 Å². The molecule has 0 unspecified atom stereocenters. The molecule has 24 nitrogen and oxygen atoms in total. The molecule has 0 aromatic heterocycles. The molecular formula is C29H49NO23. The highest BCUT2D eigenvalue weighted by Gasteiger charge is 2.60. The van der Waals surface area contributed by atoms with Crippen molar-refractivity contribution in [3.8, 4) is 0 Å². The molecule has 3 fully saturated rings. The van der Waals surface area contributed by atoms with Gasteiger partial charge in [0.25, 0.3) is 5.79 Å². The molecule has 24 heteroatoms. The minimum absolute atomic E-state index is 0.130. The normalized spacial score (nSPS) is 41.4. The van der Waals surface area contributed by atoms with Crippen LogP contribution >= 0.6 is 0 Å². The Hall–Kier alpha value is -2.15. The predicted octanol–water partition coefficient (Wildman–Crippen LogP) is -9.53. The summed E-state index contributed by atoms with van der Waals surface area (Å²) in [5, 5.41) is 148. The van der Waals surface area contributed by atoms with Crippen LogP contribution in [0.25, 0.3) is 0 Å². The van der Waals surface area contributed by atoms with Crippen LogP contribution in [0.3, 0.4) is 0 Å². The minimum atomic E-state index is -3.15. The molecule has 1 amide bonds. The molecule has 0 aromatic carbocycles. The van der Waals surface area contributed by atoms with E-state index < -0.39 is 160 Å². The Kier molecular flexibility index (Phi) is 16.3. The number of carbonyl (C=O) groups is 3. The number of carboxylic acids is 1. The monoisotopic (exact) mass is 779 g/mol. The van der Waals surface area contributed by atoms with Gasteiger partial charge in [-0.1, -0.05) is 0 Å². The second kappa shape index (κ2) is 19.1. The maximum atomic E-state index is 12.7. The highest BCUT2D eigenvalue weighted by atomic mass is 16.8. The molecule has 3 heterocycles. The summed E-state index contributed by atoms with van der Waals surface area (Å²) in [6, 6.07) is -1.62. The molecule has 0 bridgehead atoms. The Balaban J connectivity index is 2.00. The number of nitrogens with one attached hydrogen (secondary N) is 1. The molecule has 0 aliphatic carbocycles. The second-order valence-corrected chi connectivity index (χ2v) is 12.9. The summed E-state index contributed by atoms with van der Waals surface area (Å²) < 4.78 is 32.9. The first-order valence-electron chi connectivity index (χ1n) is 16.3. The summed E-state index contributed by atoms with van der Waals surface area (Å²) in [5.74, 6) is -6.00. The quantitative estimate of drug-likeness (QED) is 0.0609. The average Bonchev–Trinajstić information content (AvgIpc) is 3.12. The highest BCUT2D eigenvalue weighted by molar-refractivity contribution is 5.76. The van der Waals surface area contributed by atoms with Crippen molar-refractivity contribution >= 4 is 18.2 Å². The maximum absolute atomic E-state index is 12.7. The van der Waals surface area contributed by atoms with Crippen molar-refractivity contribution in [3.05, 3.63) is 0 Å². The molecule has 0 aromatic rings. The zero-order valence-corrected chi connectivity index (χ0v) is 28.3. The molecule has 0 radical (unpaired) electrons. The van der Waals surface area contributed by atoms with E-state index in [-0.39, 0.29) is 6.29 Å². The third kappa shape index (κ3) is 10.00. The third-order valence-corrected chi connectivity index (χ3v) is 9.09. The summed E-state index contributed by atoms with van der Waals surface area (Å²) in [5.41, 5.74) is 0. The number of aldehydes is 1. The smallest absolute Gasteiger partial charge is 0.364 e. The van der Waals surface area contributed by atoms with Crippen molar-refractivity contribution in [2.24, 2.45) is 0 Å². The molecule has 53 heavy (non-hydrogen) atoms. The van der Waals surface area contributed by atoms with E-state index in [4.69, 9.17) is 28.4 Å². The summed E-state index contributed by atoms with van der Waals surface area (Å²) in [4.78, 5) is 36.3. The second-order valence-electron chi connectivity index (χ2n) is 12.9. The molecule has 3 aliphatic rings. The fourth-order valence-corrected chi connectivity index (χ4v) is 6.13. The van der Waals surface area contributed by atoms with E-state index >= 15 is 0 Å². The van der Waals surface area contributed by atoms with Crippen LogP contribution in [-0.4, -0.2) is 232 Å². The number of aliphatic carboxylic acids is 1. The Morgan fingerprint density at radius 2 is 1.43 bits per heavy atom. The van der Waals surface area contributed by atoms with E-state index in [1.165, 1.54) is 6.92 Å². The van der Waals surface area contributed by atoms with Crippen molar-refractivity contribution in [2.45, 2.75) is 142 Å². The number of carboxylic acid groups (broad SMARTS) is 1. The number of carbonyl (C=O) groups excluding carboxylic acids is 2. The topological polar surface area (TPSA) is 402 Å². The van der Waals surface area contributed by atoms with Crippen LogP contribution < -0.4 is 5.32 Å². The van der Waals surface area contributed by atoms with E-state index in [0.717, 1.165) is 6.92 Å². The van der Waals surface area contributed by atoms with Crippen molar-refractivity contribution < 1.29 is 114 Å². The Morgan fingerprint density at radius 3 is 1.96 bits per heavy atom. The minimum Gasteiger partial charge on any atom is -0.477 e. The van der Waals surface area contributed by atoms with Crippen LogP contribution in [0.2, 0.25) is 0 Å². The van der Waals surface area contributed by atoms with Gasteiger partial charge in [-0.25, -0.2) is 4.79 Å². The summed E-state index contributed by atoms with van der Waals surface area (Å²) in [7, 11) is 0. The van der Waals surface area contributed by atoms with Gasteiger partial charge in [-0.15, -0.1) is 0 Å². The lowest BCUT2D eigenvalue weighted by Gasteiger charge is -2.50. The molecule has 3 rings (SSSR count). The molecule has 0 spiro atoms. The Morgan fingerprint density at radius 1 is 0.849 bits per heavy atom. The number of hydrogen-bond donors (Lipinski definition) is 15. The van der Waals surface area contributed by atoms with Crippen LogP contribution in [0.5, 0.6) is 0 Å². The largest absolute Gasteiger partial charge is 0.477 e. The standard InChI is InChI=1S/C29H49NO23/c1-8-16(40)19(43)20(44)26(48-8)50-22(12(38)5-32)23(13(39)6-33)51-27-21(45)25(18(42)14(7-34)49-27)53-29(28(46)47)3-10(36)15(30-9(2)35)24(52-29)17(41)11(37)4-31/h5,8,10-27,31,33-34,36-45H,3-4,6-7H2,1-2H3,(H,30,35)(H,46,47)/t8-,10+,11-,12+,13-,14-,15-,16+,17-,18+,19+,20-,21-,22-,23-,24-,25+,26-,27+,29+/m1/s1. The molecule has 15 N–H and O–H groups in total. The van der Waals surface area contributed by atoms with E-state index in [9.17, 15) is 85.9 Å². The van der Waals surface area contributed by atoms with Crippen LogP contribution in [-0.2, 0) is 42.8 Å². The lowest BCUT2D eigenvalue weighted by Crippen LogP contribution is -2.70. The lowest BCUT2D eigenvalue weighted by molar-refractivity contribution is -0.381. The zero-order chi connectivity index (χ0) is 40.1. The number of rotatable bonds is 17. The van der Waals surface area contributed by atoms with Gasteiger partial charge in [0.2, 0.25) is 5.91 Å². The Labute approximate surface area is 300 Å². The molecule has 3 aliphatic heterocycles. The van der Waals surface area contributed by atoms with E-state index in [2.05, 4.69) is 5.32 Å². The molecule has 308 valence electrons. The van der Waals surface area contributed by atoms with Gasteiger partial charge in [-0.05, 0) is 6.92 Å². The lowest BCUT2D eigenvalue weighted by atomic mass is 9.88. The van der Waals surface area contributed by atoms with Crippen LogP contribution in [0, 0.1) is 0 Å². The van der Waals surface area contributed by atoms with Gasteiger partial charge in [-0.3, -0.25) is 4.79 Å². The highest BCUT2D eigenvalue weighted by Crippen LogP contribution is 2.38.